The normalized spacial score (nSPS) is 21.6. The van der Waals surface area contributed by atoms with Gasteiger partial charge in [0.15, 0.2) is 0 Å². The van der Waals surface area contributed by atoms with Crippen LogP contribution in [0.1, 0.15) is 56.2 Å². The zero-order valence-corrected chi connectivity index (χ0v) is 18.5. The Bertz CT molecular complexity index is 1000. The van der Waals surface area contributed by atoms with Crippen LogP contribution in [-0.4, -0.2) is 16.5 Å². The van der Waals surface area contributed by atoms with Crippen molar-refractivity contribution in [1.29, 1.82) is 0 Å². The highest BCUT2D eigenvalue weighted by Crippen LogP contribution is 2.29. The third-order valence-corrected chi connectivity index (χ3v) is 7.02. The first-order valence-corrected chi connectivity index (χ1v) is 11.4. The molecule has 3 heteroatoms. The lowest BCUT2D eigenvalue weighted by Gasteiger charge is -2.34. The molecule has 1 aromatic heterocycles. The monoisotopic (exact) mass is 402 g/mol. The zero-order chi connectivity index (χ0) is 21.1. The summed E-state index contributed by atoms with van der Waals surface area (Å²) in [5, 5.41) is 4.58. The van der Waals surface area contributed by atoms with Gasteiger partial charge >= 0.3 is 0 Å². The Labute approximate surface area is 180 Å². The summed E-state index contributed by atoms with van der Waals surface area (Å²) in [6.45, 7) is 7.57. The topological polar surface area (TPSA) is 34.0 Å². The molecule has 0 bridgehead atoms. The molecule has 2 aromatic carbocycles. The fourth-order valence-corrected chi connectivity index (χ4v) is 4.86. The minimum absolute atomic E-state index is 0.191. The predicted octanol–water partition coefficient (Wildman–Crippen LogP) is 5.87. The molecule has 30 heavy (non-hydrogen) atoms. The van der Waals surface area contributed by atoms with Crippen molar-refractivity contribution in [3.8, 4) is 0 Å². The van der Waals surface area contributed by atoms with Gasteiger partial charge in [-0.1, -0.05) is 74.7 Å². The lowest BCUT2D eigenvalue weighted by Crippen LogP contribution is -2.43. The first-order valence-electron chi connectivity index (χ1n) is 11.4. The maximum absolute atomic E-state index is 12.7. The van der Waals surface area contributed by atoms with Crippen LogP contribution in [-0.2, 0) is 17.8 Å². The lowest BCUT2D eigenvalue weighted by molar-refractivity contribution is -0.122. The summed E-state index contributed by atoms with van der Waals surface area (Å²) >= 11 is 0. The average molecular weight is 403 g/mol. The van der Waals surface area contributed by atoms with E-state index >= 15 is 0 Å². The molecule has 1 amide bonds. The van der Waals surface area contributed by atoms with Crippen molar-refractivity contribution < 1.29 is 4.79 Å². The maximum Gasteiger partial charge on any atom is 0.220 e. The highest BCUT2D eigenvalue weighted by molar-refractivity contribution is 5.85. The summed E-state index contributed by atoms with van der Waals surface area (Å²) in [6, 6.07) is 17.6. The highest BCUT2D eigenvalue weighted by atomic mass is 16.1. The summed E-state index contributed by atoms with van der Waals surface area (Å²) in [5.74, 6) is 1.46. The zero-order valence-electron chi connectivity index (χ0n) is 18.5. The van der Waals surface area contributed by atoms with Gasteiger partial charge in [-0.2, -0.15) is 0 Å². The van der Waals surface area contributed by atoms with Crippen LogP contribution in [0.3, 0.4) is 0 Å². The third-order valence-electron chi connectivity index (χ3n) is 7.02. The molecule has 4 rings (SSSR count). The van der Waals surface area contributed by atoms with Gasteiger partial charge in [0, 0.05) is 36.1 Å². The van der Waals surface area contributed by atoms with Crippen LogP contribution in [0, 0.1) is 18.8 Å². The van der Waals surface area contributed by atoms with Gasteiger partial charge in [-0.3, -0.25) is 4.79 Å². The van der Waals surface area contributed by atoms with Crippen LogP contribution in [0.4, 0.5) is 0 Å². The number of fused-ring (bicyclic) bond motifs is 1. The molecule has 3 unspecified atom stereocenters. The van der Waals surface area contributed by atoms with Crippen LogP contribution < -0.4 is 5.32 Å². The van der Waals surface area contributed by atoms with Crippen molar-refractivity contribution in [2.75, 3.05) is 0 Å². The number of aryl methyl sites for hydroxylation is 2. The average Bonchev–Trinajstić information content (AvgIpc) is 3.09. The van der Waals surface area contributed by atoms with Gasteiger partial charge in [0.2, 0.25) is 5.91 Å². The molecule has 3 nitrogen and oxygen atoms in total. The molecule has 0 radical (unpaired) electrons. The second-order valence-corrected chi connectivity index (χ2v) is 9.23. The van der Waals surface area contributed by atoms with Crippen molar-refractivity contribution in [1.82, 2.24) is 9.88 Å². The Morgan fingerprint density at radius 3 is 2.63 bits per heavy atom. The third kappa shape index (κ3) is 4.61. The molecule has 1 heterocycles. The van der Waals surface area contributed by atoms with E-state index in [0.717, 1.165) is 19.4 Å². The van der Waals surface area contributed by atoms with Gasteiger partial charge in [0.05, 0.1) is 0 Å². The molecule has 1 N–H and O–H groups in total. The standard InChI is InChI=1S/C27H34N2O/c1-19-11-13-22(14-12-19)17-29-18-23(24-8-4-5-10-26(24)29)15-16-27(30)28-25-9-6-7-20(2)21(25)3/h4-5,8,10-14,18,20-21,25H,6-7,9,15-17H2,1-3H3,(H,28,30). The molecule has 3 aromatic rings. The molecule has 0 saturated heterocycles. The quantitative estimate of drug-likeness (QED) is 0.549. The SMILES string of the molecule is Cc1ccc(Cn2cc(CCC(=O)NC3CCCC(C)C3C)c3ccccc32)cc1. The van der Waals surface area contributed by atoms with Crippen LogP contribution in [0.15, 0.2) is 54.7 Å². The predicted molar refractivity (Wildman–Crippen MR) is 125 cm³/mol. The van der Waals surface area contributed by atoms with E-state index in [9.17, 15) is 4.79 Å². The molecule has 1 fully saturated rings. The second-order valence-electron chi connectivity index (χ2n) is 9.23. The first kappa shape index (κ1) is 20.7. The summed E-state index contributed by atoms with van der Waals surface area (Å²) in [4.78, 5) is 12.7. The van der Waals surface area contributed by atoms with Gasteiger partial charge in [0.25, 0.3) is 0 Å². The van der Waals surface area contributed by atoms with E-state index in [-0.39, 0.29) is 5.91 Å². The Morgan fingerprint density at radius 1 is 1.07 bits per heavy atom. The fraction of sp³-hybridized carbons (Fsp3) is 0.444. The van der Waals surface area contributed by atoms with Crippen molar-refractivity contribution in [3.05, 3.63) is 71.4 Å². The molecule has 1 saturated carbocycles. The number of hydrogen-bond donors (Lipinski definition) is 1. The summed E-state index contributed by atoms with van der Waals surface area (Å²) in [6.07, 6.45) is 7.20. The minimum atomic E-state index is 0.191. The van der Waals surface area contributed by atoms with Crippen LogP contribution in [0.2, 0.25) is 0 Å². The van der Waals surface area contributed by atoms with Crippen LogP contribution in [0.5, 0.6) is 0 Å². The summed E-state index contributed by atoms with van der Waals surface area (Å²) < 4.78 is 2.32. The molecular formula is C27H34N2O. The van der Waals surface area contributed by atoms with E-state index in [0.29, 0.717) is 24.3 Å². The summed E-state index contributed by atoms with van der Waals surface area (Å²) in [5.41, 5.74) is 5.08. The molecule has 158 valence electrons. The van der Waals surface area contributed by atoms with Crippen molar-refractivity contribution in [2.45, 2.75) is 65.5 Å². The number of benzene rings is 2. The highest BCUT2D eigenvalue weighted by Gasteiger charge is 2.28. The number of nitrogens with one attached hydrogen (secondary N) is 1. The van der Waals surface area contributed by atoms with Gasteiger partial charge in [-0.25, -0.2) is 0 Å². The van der Waals surface area contributed by atoms with E-state index < -0.39 is 0 Å². The number of rotatable bonds is 6. The van der Waals surface area contributed by atoms with Crippen LogP contribution >= 0.6 is 0 Å². The molecule has 0 aliphatic heterocycles. The number of carbonyl (C=O) groups excluding carboxylic acids is 1. The largest absolute Gasteiger partial charge is 0.353 e. The molecule has 3 atom stereocenters. The van der Waals surface area contributed by atoms with E-state index in [1.165, 1.54) is 40.4 Å². The number of para-hydroxylation sites is 1. The van der Waals surface area contributed by atoms with E-state index in [2.05, 4.69) is 85.4 Å². The van der Waals surface area contributed by atoms with Crippen molar-refractivity contribution >= 4 is 16.8 Å². The number of nitrogens with zero attached hydrogens (tertiary/aromatic N) is 1. The van der Waals surface area contributed by atoms with Gasteiger partial charge in [-0.15, -0.1) is 0 Å². The molecule has 1 aliphatic rings. The van der Waals surface area contributed by atoms with Crippen molar-refractivity contribution in [3.63, 3.8) is 0 Å². The van der Waals surface area contributed by atoms with Gasteiger partial charge in [0.1, 0.15) is 0 Å². The van der Waals surface area contributed by atoms with Gasteiger partial charge in [-0.05, 0) is 48.8 Å². The lowest BCUT2D eigenvalue weighted by atomic mass is 9.78. The van der Waals surface area contributed by atoms with Crippen LogP contribution in [0.25, 0.3) is 10.9 Å². The first-order chi connectivity index (χ1) is 14.5. The molecule has 0 spiro atoms. The Morgan fingerprint density at radius 2 is 1.83 bits per heavy atom. The minimum Gasteiger partial charge on any atom is -0.353 e. The number of carbonyl (C=O) groups is 1. The Hall–Kier alpha value is -2.55. The van der Waals surface area contributed by atoms with E-state index in [1.807, 2.05) is 0 Å². The smallest absolute Gasteiger partial charge is 0.220 e. The molecular weight excluding hydrogens is 368 g/mol. The number of hydrogen-bond acceptors (Lipinski definition) is 1. The fourth-order valence-electron chi connectivity index (χ4n) is 4.86. The number of amides is 1. The van der Waals surface area contributed by atoms with Gasteiger partial charge < -0.3 is 9.88 Å². The molecule has 1 aliphatic carbocycles. The van der Waals surface area contributed by atoms with E-state index in [4.69, 9.17) is 0 Å². The van der Waals surface area contributed by atoms with E-state index in [1.54, 1.807) is 0 Å². The second kappa shape index (κ2) is 9.07. The Balaban J connectivity index is 1.45. The number of aromatic nitrogens is 1. The maximum atomic E-state index is 12.7. The van der Waals surface area contributed by atoms with Crippen molar-refractivity contribution in [2.24, 2.45) is 11.8 Å². The Kier molecular flexibility index (Phi) is 6.26. The summed E-state index contributed by atoms with van der Waals surface area (Å²) in [7, 11) is 0.